The highest BCUT2D eigenvalue weighted by molar-refractivity contribution is 8.76. The quantitative estimate of drug-likeness (QED) is 0.444. The van der Waals surface area contributed by atoms with Gasteiger partial charge in [0.05, 0.1) is 0 Å². The molecule has 0 saturated carbocycles. The van der Waals surface area contributed by atoms with Crippen molar-refractivity contribution in [3.05, 3.63) is 24.4 Å². The van der Waals surface area contributed by atoms with Crippen LogP contribution in [0, 0.1) is 0 Å². The molecule has 1 aromatic rings. The van der Waals surface area contributed by atoms with Crippen molar-refractivity contribution in [3.8, 4) is 0 Å². The molecule has 1 unspecified atom stereocenters. The minimum Gasteiger partial charge on any atom is -0.480 e. The van der Waals surface area contributed by atoms with Gasteiger partial charge < -0.3 is 5.11 Å². The summed E-state index contributed by atoms with van der Waals surface area (Å²) in [7, 11) is -1.94. The molecular formula is C11H17NO5S3. The van der Waals surface area contributed by atoms with Crippen molar-refractivity contribution in [1.29, 1.82) is 0 Å². The maximum absolute atomic E-state index is 10.8. The van der Waals surface area contributed by atoms with Gasteiger partial charge in [0, 0.05) is 11.9 Å². The second-order valence-electron chi connectivity index (χ2n) is 3.20. The highest BCUT2D eigenvalue weighted by atomic mass is 33.1. The summed E-state index contributed by atoms with van der Waals surface area (Å²) >= 11 is 0. The Morgan fingerprint density at radius 1 is 1.40 bits per heavy atom. The van der Waals surface area contributed by atoms with Crippen molar-refractivity contribution >= 4 is 37.7 Å². The van der Waals surface area contributed by atoms with E-state index in [1.54, 1.807) is 18.3 Å². The van der Waals surface area contributed by atoms with Crippen LogP contribution in [0.15, 0.2) is 29.4 Å². The van der Waals surface area contributed by atoms with Gasteiger partial charge in [-0.2, -0.15) is 8.42 Å². The lowest BCUT2D eigenvalue weighted by atomic mass is 10.3. The predicted octanol–water partition coefficient (Wildman–Crippen LogP) is 2.58. The zero-order valence-electron chi connectivity index (χ0n) is 11.1. The highest BCUT2D eigenvalue weighted by Gasteiger charge is 2.30. The molecule has 114 valence electrons. The van der Waals surface area contributed by atoms with Crippen LogP contribution < -0.4 is 0 Å². The third-order valence-corrected chi connectivity index (χ3v) is 5.34. The lowest BCUT2D eigenvalue weighted by molar-refractivity contribution is -0.136. The van der Waals surface area contributed by atoms with Crippen molar-refractivity contribution in [3.63, 3.8) is 0 Å². The molecule has 0 radical (unpaired) electrons. The lowest BCUT2D eigenvalue weighted by Gasteiger charge is -2.07. The van der Waals surface area contributed by atoms with Gasteiger partial charge in [0.25, 0.3) is 10.1 Å². The molecule has 20 heavy (non-hydrogen) atoms. The normalized spacial score (nSPS) is 12.2. The van der Waals surface area contributed by atoms with Gasteiger partial charge in [-0.3, -0.25) is 9.35 Å². The number of rotatable bonds is 7. The second kappa shape index (κ2) is 10.0. The number of carboxylic acids is 1. The minimum atomic E-state index is -4.55. The Morgan fingerprint density at radius 3 is 2.50 bits per heavy atom. The van der Waals surface area contributed by atoms with Crippen LogP contribution in [0.2, 0.25) is 0 Å². The van der Waals surface area contributed by atoms with Crippen LogP contribution in [-0.4, -0.2) is 40.0 Å². The van der Waals surface area contributed by atoms with Crippen LogP contribution in [0.5, 0.6) is 0 Å². The molecule has 9 heteroatoms. The molecule has 0 aromatic carbocycles. The van der Waals surface area contributed by atoms with E-state index >= 15 is 0 Å². The number of pyridine rings is 1. The van der Waals surface area contributed by atoms with Crippen LogP contribution in [-0.2, 0) is 14.9 Å². The molecule has 6 nitrogen and oxygen atoms in total. The first-order valence-corrected chi connectivity index (χ1v) is 9.63. The van der Waals surface area contributed by atoms with Gasteiger partial charge >= 0.3 is 5.97 Å². The molecule has 0 spiro atoms. The van der Waals surface area contributed by atoms with Crippen LogP contribution >= 0.6 is 21.6 Å². The number of carbonyl (C=O) groups is 1. The molecule has 0 aliphatic carbocycles. The highest BCUT2D eigenvalue weighted by Crippen LogP contribution is 2.30. The van der Waals surface area contributed by atoms with Crippen LogP contribution in [0.3, 0.4) is 0 Å². The van der Waals surface area contributed by atoms with E-state index in [1.165, 1.54) is 21.6 Å². The van der Waals surface area contributed by atoms with E-state index in [9.17, 15) is 13.2 Å². The summed E-state index contributed by atoms with van der Waals surface area (Å²) < 4.78 is 30.3. The second-order valence-corrected chi connectivity index (χ2v) is 7.24. The largest absolute Gasteiger partial charge is 0.480 e. The molecule has 0 amide bonds. The third kappa shape index (κ3) is 7.73. The zero-order chi connectivity index (χ0) is 15.6. The van der Waals surface area contributed by atoms with Crippen LogP contribution in [0.25, 0.3) is 0 Å². The van der Waals surface area contributed by atoms with Gasteiger partial charge in [-0.05, 0) is 29.3 Å². The fourth-order valence-corrected chi connectivity index (χ4v) is 3.84. The van der Waals surface area contributed by atoms with Crippen LogP contribution in [0.4, 0.5) is 0 Å². The summed E-state index contributed by atoms with van der Waals surface area (Å²) in [6, 6.07) is 5.37. The summed E-state index contributed by atoms with van der Waals surface area (Å²) in [5.74, 6) is -1.27. The summed E-state index contributed by atoms with van der Waals surface area (Å²) in [5, 5.41) is 7.64. The smallest absolute Gasteiger partial charge is 0.324 e. The molecule has 0 aliphatic heterocycles. The first-order chi connectivity index (χ1) is 9.41. The van der Waals surface area contributed by atoms with E-state index in [4.69, 9.17) is 9.66 Å². The molecule has 2 N–H and O–H groups in total. The fraction of sp³-hybridized carbons (Fsp3) is 0.455. The van der Waals surface area contributed by atoms with Gasteiger partial charge in [-0.25, -0.2) is 4.98 Å². The predicted molar refractivity (Wildman–Crippen MR) is 81.5 cm³/mol. The number of aliphatic carboxylic acids is 1. The van der Waals surface area contributed by atoms with Gasteiger partial charge in [0.1, 0.15) is 5.03 Å². The Morgan fingerprint density at radius 2 is 2.05 bits per heavy atom. The Labute approximate surface area is 126 Å². The Balaban J connectivity index is 0.00000172. The first kappa shape index (κ1) is 19.2. The molecule has 1 heterocycles. The fourth-order valence-electron chi connectivity index (χ4n) is 1.05. The minimum absolute atomic E-state index is 0.154. The third-order valence-electron chi connectivity index (χ3n) is 1.88. The van der Waals surface area contributed by atoms with Gasteiger partial charge in [-0.15, -0.1) is 0 Å². The van der Waals surface area contributed by atoms with Gasteiger partial charge in [0.2, 0.25) is 0 Å². The number of aromatic nitrogens is 1. The summed E-state index contributed by atoms with van der Waals surface area (Å²) in [6.45, 7) is 4.00. The van der Waals surface area contributed by atoms with Crippen LogP contribution in [0.1, 0.15) is 20.3 Å². The Kier molecular flexibility index (Phi) is 9.64. The van der Waals surface area contributed by atoms with Crippen molar-refractivity contribution in [2.45, 2.75) is 30.5 Å². The number of hydrogen-bond donors (Lipinski definition) is 2. The monoisotopic (exact) mass is 339 g/mol. The molecular weight excluding hydrogens is 322 g/mol. The SMILES string of the molecule is CC.O=C(O)C(CCSSc1ccccn1)S(=O)(=O)O. The molecule has 0 saturated heterocycles. The van der Waals surface area contributed by atoms with E-state index in [0.717, 1.165) is 5.03 Å². The van der Waals surface area contributed by atoms with E-state index in [2.05, 4.69) is 4.98 Å². The summed E-state index contributed by atoms with van der Waals surface area (Å²) in [5.41, 5.74) is 0. The number of hydrogen-bond acceptors (Lipinski definition) is 6. The summed E-state index contributed by atoms with van der Waals surface area (Å²) in [4.78, 5) is 14.7. The lowest BCUT2D eigenvalue weighted by Crippen LogP contribution is -2.30. The Hall–Kier alpha value is -0.770. The molecule has 0 fully saturated rings. The van der Waals surface area contributed by atoms with E-state index in [0.29, 0.717) is 0 Å². The average molecular weight is 339 g/mol. The van der Waals surface area contributed by atoms with Crippen molar-refractivity contribution < 1.29 is 22.9 Å². The molecule has 1 rings (SSSR count). The van der Waals surface area contributed by atoms with E-state index in [-0.39, 0.29) is 12.2 Å². The molecule has 1 atom stereocenters. The van der Waals surface area contributed by atoms with E-state index in [1.807, 2.05) is 19.9 Å². The summed E-state index contributed by atoms with van der Waals surface area (Å²) in [6.07, 6.45) is 1.47. The molecule has 0 aliphatic rings. The number of carboxylic acid groups (broad SMARTS) is 1. The Bertz CT molecular complexity index is 492. The maximum atomic E-state index is 10.8. The maximum Gasteiger partial charge on any atom is 0.324 e. The number of nitrogens with zero attached hydrogens (tertiary/aromatic N) is 1. The van der Waals surface area contributed by atoms with E-state index < -0.39 is 21.3 Å². The topological polar surface area (TPSA) is 105 Å². The zero-order valence-corrected chi connectivity index (χ0v) is 13.5. The van der Waals surface area contributed by atoms with Gasteiger partial charge in [-0.1, -0.05) is 30.7 Å². The first-order valence-electron chi connectivity index (χ1n) is 5.81. The average Bonchev–Trinajstić information content (AvgIpc) is 2.40. The van der Waals surface area contributed by atoms with Crippen molar-refractivity contribution in [2.24, 2.45) is 0 Å². The molecule has 0 bridgehead atoms. The standard InChI is InChI=1S/C9H11NO5S3.C2H6/c11-9(12)7(18(13,14)15)4-6-16-17-8-3-1-2-5-10-8;1-2/h1-3,5,7H,4,6H2,(H,11,12)(H,13,14,15);1-2H3. The van der Waals surface area contributed by atoms with Crippen molar-refractivity contribution in [1.82, 2.24) is 4.98 Å². The van der Waals surface area contributed by atoms with Crippen molar-refractivity contribution in [2.75, 3.05) is 5.75 Å². The molecule has 1 aromatic heterocycles. The van der Waals surface area contributed by atoms with Gasteiger partial charge in [0.15, 0.2) is 5.25 Å².